The lowest BCUT2D eigenvalue weighted by molar-refractivity contribution is 0.144. The number of fused-ring (bicyclic) bond motifs is 1. The third-order valence-corrected chi connectivity index (χ3v) is 5.08. The van der Waals surface area contributed by atoms with Crippen LogP contribution in [0, 0.1) is 0 Å². The Morgan fingerprint density at radius 2 is 1.90 bits per heavy atom. The van der Waals surface area contributed by atoms with Crippen molar-refractivity contribution in [2.24, 2.45) is 0 Å². The third kappa shape index (κ3) is 4.32. The smallest absolute Gasteiger partial charge is 0.449 e. The summed E-state index contributed by atoms with van der Waals surface area (Å²) in [6, 6.07) is 15.0. The number of hydrogen-bond donors (Lipinski definition) is 2. The maximum Gasteiger partial charge on any atom is 0.511 e. The topological polar surface area (TPSA) is 116 Å². The van der Waals surface area contributed by atoms with Gasteiger partial charge in [-0.3, -0.25) is 0 Å². The summed E-state index contributed by atoms with van der Waals surface area (Å²) in [4.78, 5) is 24.1. The largest absolute Gasteiger partial charge is 0.511 e. The molecule has 158 valence electrons. The van der Waals surface area contributed by atoms with Crippen molar-refractivity contribution in [3.63, 3.8) is 0 Å². The number of para-hydroxylation sites is 1. The van der Waals surface area contributed by atoms with Crippen LogP contribution in [0.3, 0.4) is 0 Å². The number of imidazole rings is 1. The van der Waals surface area contributed by atoms with Crippen LogP contribution in [0.2, 0.25) is 0 Å². The number of unbranched alkanes of at least 4 members (excludes halogenated alkanes) is 1. The van der Waals surface area contributed by atoms with Gasteiger partial charge in [0.15, 0.2) is 17.0 Å². The average Bonchev–Trinajstić information content (AvgIpc) is 3.11. The summed E-state index contributed by atoms with van der Waals surface area (Å²) in [6.45, 7) is 2.74. The zero-order chi connectivity index (χ0) is 21.8. The van der Waals surface area contributed by atoms with Gasteiger partial charge in [0.1, 0.15) is 17.9 Å². The van der Waals surface area contributed by atoms with Gasteiger partial charge in [-0.25, -0.2) is 19.7 Å². The highest BCUT2D eigenvalue weighted by Gasteiger charge is 2.15. The van der Waals surface area contributed by atoms with Crippen LogP contribution in [0.5, 0.6) is 5.75 Å². The Hall–Kier alpha value is -3.94. The standard InChI is InChI=1S/C23H23N5O3/c1-2-3-8-19-27-20-21(24)25-14-26-22(20)28(19)13-15-9-11-16(12-10-15)17-6-4-5-7-18(17)31-23(29)30/h4-7,9-12,14H,2-3,8,13H2,1H3,(H,29,30)(H2,24,25,26). The van der Waals surface area contributed by atoms with Crippen molar-refractivity contribution in [1.82, 2.24) is 19.5 Å². The Balaban J connectivity index is 1.65. The van der Waals surface area contributed by atoms with Gasteiger partial charge in [0, 0.05) is 12.0 Å². The van der Waals surface area contributed by atoms with Crippen LogP contribution < -0.4 is 10.5 Å². The number of nitrogens with two attached hydrogens (primary N) is 1. The van der Waals surface area contributed by atoms with E-state index in [-0.39, 0.29) is 0 Å². The molecule has 0 atom stereocenters. The lowest BCUT2D eigenvalue weighted by atomic mass is 10.0. The monoisotopic (exact) mass is 417 g/mol. The Bertz CT molecular complexity index is 1220. The average molecular weight is 417 g/mol. The Labute approximate surface area is 179 Å². The molecule has 0 radical (unpaired) electrons. The summed E-state index contributed by atoms with van der Waals surface area (Å²) in [6.07, 6.45) is 3.05. The fourth-order valence-corrected chi connectivity index (χ4v) is 3.55. The number of aromatic nitrogens is 4. The Kier molecular flexibility index (Phi) is 5.79. The van der Waals surface area contributed by atoms with Gasteiger partial charge in [-0.1, -0.05) is 55.8 Å². The quantitative estimate of drug-likeness (QED) is 0.335. The second-order valence-corrected chi connectivity index (χ2v) is 7.21. The molecule has 0 spiro atoms. The van der Waals surface area contributed by atoms with Crippen molar-refractivity contribution in [2.45, 2.75) is 32.7 Å². The first-order valence-electron chi connectivity index (χ1n) is 10.1. The van der Waals surface area contributed by atoms with E-state index in [1.165, 1.54) is 6.33 Å². The molecule has 31 heavy (non-hydrogen) atoms. The molecule has 0 aliphatic heterocycles. The molecule has 8 nitrogen and oxygen atoms in total. The van der Waals surface area contributed by atoms with Crippen LogP contribution >= 0.6 is 0 Å². The van der Waals surface area contributed by atoms with Crippen molar-refractivity contribution in [2.75, 3.05) is 5.73 Å². The van der Waals surface area contributed by atoms with E-state index in [4.69, 9.17) is 20.6 Å². The number of benzene rings is 2. The SMILES string of the molecule is CCCCc1nc2c(N)ncnc2n1Cc1ccc(-c2ccccc2OC(=O)O)cc1. The molecule has 0 bridgehead atoms. The number of carboxylic acid groups (broad SMARTS) is 1. The van der Waals surface area contributed by atoms with E-state index >= 15 is 0 Å². The molecule has 8 heteroatoms. The lowest BCUT2D eigenvalue weighted by Gasteiger charge is -2.11. The molecule has 4 aromatic rings. The fourth-order valence-electron chi connectivity index (χ4n) is 3.55. The number of ether oxygens (including phenoxy) is 1. The normalized spacial score (nSPS) is 11.0. The van der Waals surface area contributed by atoms with Crippen LogP contribution in [0.1, 0.15) is 31.2 Å². The summed E-state index contributed by atoms with van der Waals surface area (Å²) in [5.41, 5.74) is 10.0. The van der Waals surface area contributed by atoms with Gasteiger partial charge in [-0.05, 0) is 23.6 Å². The van der Waals surface area contributed by atoms with Crippen LogP contribution in [0.25, 0.3) is 22.3 Å². The van der Waals surface area contributed by atoms with Gasteiger partial charge < -0.3 is 20.1 Å². The van der Waals surface area contributed by atoms with E-state index < -0.39 is 6.16 Å². The molecule has 0 aliphatic carbocycles. The van der Waals surface area contributed by atoms with E-state index in [1.54, 1.807) is 12.1 Å². The number of anilines is 1. The van der Waals surface area contributed by atoms with Crippen LogP contribution in [0.15, 0.2) is 54.9 Å². The van der Waals surface area contributed by atoms with Crippen molar-refractivity contribution in [3.8, 4) is 16.9 Å². The van der Waals surface area contributed by atoms with Gasteiger partial charge >= 0.3 is 6.16 Å². The molecule has 0 saturated heterocycles. The van der Waals surface area contributed by atoms with Gasteiger partial charge in [-0.15, -0.1) is 0 Å². The molecular weight excluding hydrogens is 394 g/mol. The predicted molar refractivity (Wildman–Crippen MR) is 118 cm³/mol. The maximum atomic E-state index is 11.0. The molecule has 2 aromatic heterocycles. The molecule has 0 amide bonds. The highest BCUT2D eigenvalue weighted by atomic mass is 16.7. The van der Waals surface area contributed by atoms with E-state index in [0.717, 1.165) is 41.9 Å². The first-order valence-corrected chi connectivity index (χ1v) is 10.1. The van der Waals surface area contributed by atoms with Crippen LogP contribution in [-0.2, 0) is 13.0 Å². The number of nitrogens with zero attached hydrogens (tertiary/aromatic N) is 4. The van der Waals surface area contributed by atoms with E-state index in [0.29, 0.717) is 29.2 Å². The summed E-state index contributed by atoms with van der Waals surface area (Å²) >= 11 is 0. The van der Waals surface area contributed by atoms with Crippen LogP contribution in [-0.4, -0.2) is 30.8 Å². The van der Waals surface area contributed by atoms with Crippen molar-refractivity contribution >= 4 is 23.1 Å². The summed E-state index contributed by atoms with van der Waals surface area (Å²) in [5.74, 6) is 1.62. The minimum atomic E-state index is -1.34. The predicted octanol–water partition coefficient (Wildman–Crippen LogP) is 4.52. The number of hydrogen-bond acceptors (Lipinski definition) is 6. The molecule has 3 N–H and O–H groups in total. The number of rotatable bonds is 7. The first kappa shape index (κ1) is 20.3. The van der Waals surface area contributed by atoms with E-state index in [9.17, 15) is 4.79 Å². The van der Waals surface area contributed by atoms with Crippen molar-refractivity contribution in [1.29, 1.82) is 0 Å². The summed E-state index contributed by atoms with van der Waals surface area (Å²) in [5, 5.41) is 8.97. The number of carbonyl (C=O) groups is 1. The Morgan fingerprint density at radius 1 is 1.13 bits per heavy atom. The summed E-state index contributed by atoms with van der Waals surface area (Å²) < 4.78 is 6.99. The number of nitrogen functional groups attached to an aromatic ring is 1. The van der Waals surface area contributed by atoms with Gasteiger partial charge in [0.2, 0.25) is 0 Å². The number of aryl methyl sites for hydroxylation is 1. The van der Waals surface area contributed by atoms with Crippen molar-refractivity contribution in [3.05, 3.63) is 66.2 Å². The van der Waals surface area contributed by atoms with Crippen LogP contribution in [0.4, 0.5) is 10.6 Å². The molecule has 2 aromatic carbocycles. The lowest BCUT2D eigenvalue weighted by Crippen LogP contribution is -2.06. The third-order valence-electron chi connectivity index (χ3n) is 5.08. The van der Waals surface area contributed by atoms with Gasteiger partial charge in [0.25, 0.3) is 0 Å². The fraction of sp³-hybridized carbons (Fsp3) is 0.217. The van der Waals surface area contributed by atoms with Crippen molar-refractivity contribution < 1.29 is 14.6 Å². The molecule has 0 fully saturated rings. The van der Waals surface area contributed by atoms with E-state index in [2.05, 4.69) is 21.5 Å². The Morgan fingerprint density at radius 3 is 2.65 bits per heavy atom. The van der Waals surface area contributed by atoms with Gasteiger partial charge in [0.05, 0.1) is 6.54 Å². The zero-order valence-corrected chi connectivity index (χ0v) is 17.2. The molecule has 0 unspecified atom stereocenters. The van der Waals surface area contributed by atoms with E-state index in [1.807, 2.05) is 36.4 Å². The molecule has 4 rings (SSSR count). The highest BCUT2D eigenvalue weighted by molar-refractivity contribution is 5.82. The maximum absolute atomic E-state index is 11.0. The second kappa shape index (κ2) is 8.83. The minimum Gasteiger partial charge on any atom is -0.449 e. The summed E-state index contributed by atoms with van der Waals surface area (Å²) in [7, 11) is 0. The zero-order valence-electron chi connectivity index (χ0n) is 17.2. The molecule has 0 aliphatic rings. The first-order chi connectivity index (χ1) is 15.1. The van der Waals surface area contributed by atoms with Gasteiger partial charge in [-0.2, -0.15) is 0 Å². The molecule has 0 saturated carbocycles. The molecular formula is C23H23N5O3. The highest BCUT2D eigenvalue weighted by Crippen LogP contribution is 2.30. The molecule has 2 heterocycles. The minimum absolute atomic E-state index is 0.303. The second-order valence-electron chi connectivity index (χ2n) is 7.21.